The lowest BCUT2D eigenvalue weighted by atomic mass is 10.2. The molecule has 6 heteroatoms. The average molecular weight is 370 g/mol. The standard InChI is InChI=1S/C15H16BrNO3S/c1-11-3-5-12(6-4-11)10-17-21(18,19)13-7-8-15(20-2)14(16)9-13/h3-9,17H,10H2,1-2H3. The third-order valence-electron chi connectivity index (χ3n) is 3.02. The van der Waals surface area contributed by atoms with Gasteiger partial charge in [0.2, 0.25) is 10.0 Å². The Hall–Kier alpha value is -1.37. The molecule has 0 amide bonds. The van der Waals surface area contributed by atoms with Crippen LogP contribution in [0.3, 0.4) is 0 Å². The molecular formula is C15H16BrNO3S. The highest BCUT2D eigenvalue weighted by Gasteiger charge is 2.15. The van der Waals surface area contributed by atoms with E-state index in [-0.39, 0.29) is 11.4 Å². The molecule has 0 saturated heterocycles. The van der Waals surface area contributed by atoms with Crippen LogP contribution in [-0.4, -0.2) is 15.5 Å². The normalized spacial score (nSPS) is 11.4. The number of sulfonamides is 1. The van der Waals surface area contributed by atoms with Gasteiger partial charge in [-0.05, 0) is 46.6 Å². The molecule has 0 spiro atoms. The summed E-state index contributed by atoms with van der Waals surface area (Å²) in [5.74, 6) is 0.590. The molecule has 0 bridgehead atoms. The summed E-state index contributed by atoms with van der Waals surface area (Å²) in [6.07, 6.45) is 0. The summed E-state index contributed by atoms with van der Waals surface area (Å²) < 4.78 is 32.8. The number of ether oxygens (including phenoxy) is 1. The molecule has 21 heavy (non-hydrogen) atoms. The highest BCUT2D eigenvalue weighted by molar-refractivity contribution is 9.10. The smallest absolute Gasteiger partial charge is 0.240 e. The van der Waals surface area contributed by atoms with Gasteiger partial charge in [0.15, 0.2) is 0 Å². The molecule has 0 aromatic heterocycles. The molecule has 0 heterocycles. The molecule has 112 valence electrons. The third-order valence-corrected chi connectivity index (χ3v) is 5.04. The van der Waals surface area contributed by atoms with Crippen molar-refractivity contribution in [2.24, 2.45) is 0 Å². The number of hydrogen-bond donors (Lipinski definition) is 1. The predicted octanol–water partition coefficient (Wildman–Crippen LogP) is 3.24. The number of halogens is 1. The van der Waals surface area contributed by atoms with Gasteiger partial charge in [0.05, 0.1) is 16.5 Å². The first-order valence-electron chi connectivity index (χ1n) is 6.31. The molecule has 2 aromatic rings. The van der Waals surface area contributed by atoms with E-state index in [0.717, 1.165) is 11.1 Å². The lowest BCUT2D eigenvalue weighted by Crippen LogP contribution is -2.23. The summed E-state index contributed by atoms with van der Waals surface area (Å²) in [6.45, 7) is 2.25. The lowest BCUT2D eigenvalue weighted by Gasteiger charge is -2.09. The fraction of sp³-hybridized carbons (Fsp3) is 0.200. The minimum atomic E-state index is -3.55. The van der Waals surface area contributed by atoms with Gasteiger partial charge < -0.3 is 4.74 Å². The minimum Gasteiger partial charge on any atom is -0.496 e. The topological polar surface area (TPSA) is 55.4 Å². The SMILES string of the molecule is COc1ccc(S(=O)(=O)NCc2ccc(C)cc2)cc1Br. The van der Waals surface area contributed by atoms with Crippen molar-refractivity contribution < 1.29 is 13.2 Å². The molecule has 2 aromatic carbocycles. The Balaban J connectivity index is 2.14. The maximum Gasteiger partial charge on any atom is 0.240 e. The molecular weight excluding hydrogens is 354 g/mol. The van der Waals surface area contributed by atoms with Gasteiger partial charge in [-0.1, -0.05) is 29.8 Å². The summed E-state index contributed by atoms with van der Waals surface area (Å²) in [5.41, 5.74) is 2.05. The fourth-order valence-electron chi connectivity index (χ4n) is 1.78. The van der Waals surface area contributed by atoms with Gasteiger partial charge >= 0.3 is 0 Å². The zero-order valence-corrected chi connectivity index (χ0v) is 14.2. The molecule has 2 rings (SSSR count). The Morgan fingerprint density at radius 3 is 2.38 bits per heavy atom. The molecule has 0 atom stereocenters. The van der Waals surface area contributed by atoms with Crippen LogP contribution in [0.25, 0.3) is 0 Å². The van der Waals surface area contributed by atoms with E-state index in [2.05, 4.69) is 20.7 Å². The second-order valence-corrected chi connectivity index (χ2v) is 7.23. The molecule has 0 aliphatic heterocycles. The average Bonchev–Trinajstić information content (AvgIpc) is 2.46. The number of methoxy groups -OCH3 is 1. The zero-order chi connectivity index (χ0) is 15.5. The number of rotatable bonds is 5. The van der Waals surface area contributed by atoms with E-state index in [1.165, 1.54) is 19.2 Å². The second-order valence-electron chi connectivity index (χ2n) is 4.61. The van der Waals surface area contributed by atoms with Crippen LogP contribution in [0.15, 0.2) is 51.8 Å². The van der Waals surface area contributed by atoms with Crippen LogP contribution in [0.2, 0.25) is 0 Å². The fourth-order valence-corrected chi connectivity index (χ4v) is 3.52. The number of hydrogen-bond acceptors (Lipinski definition) is 3. The maximum atomic E-state index is 12.3. The van der Waals surface area contributed by atoms with Crippen molar-refractivity contribution in [2.45, 2.75) is 18.4 Å². The van der Waals surface area contributed by atoms with Gasteiger partial charge in [-0.3, -0.25) is 0 Å². The Bertz CT molecular complexity index is 727. The molecule has 0 aliphatic rings. The van der Waals surface area contributed by atoms with Crippen molar-refractivity contribution >= 4 is 26.0 Å². The van der Waals surface area contributed by atoms with Crippen LogP contribution in [0.5, 0.6) is 5.75 Å². The molecule has 0 aliphatic carbocycles. The van der Waals surface area contributed by atoms with Gasteiger partial charge in [0.25, 0.3) is 0 Å². The van der Waals surface area contributed by atoms with Gasteiger partial charge in [0, 0.05) is 6.54 Å². The highest BCUT2D eigenvalue weighted by atomic mass is 79.9. The first-order valence-corrected chi connectivity index (χ1v) is 8.59. The van der Waals surface area contributed by atoms with E-state index in [4.69, 9.17) is 4.74 Å². The van der Waals surface area contributed by atoms with Crippen LogP contribution in [0, 0.1) is 6.92 Å². The maximum absolute atomic E-state index is 12.3. The lowest BCUT2D eigenvalue weighted by molar-refractivity contribution is 0.411. The van der Waals surface area contributed by atoms with E-state index in [9.17, 15) is 8.42 Å². The first kappa shape index (κ1) is 16.0. The molecule has 1 N–H and O–H groups in total. The van der Waals surface area contributed by atoms with Crippen molar-refractivity contribution in [1.29, 1.82) is 0 Å². The molecule has 0 unspecified atom stereocenters. The largest absolute Gasteiger partial charge is 0.496 e. The zero-order valence-electron chi connectivity index (χ0n) is 11.8. The summed E-state index contributed by atoms with van der Waals surface area (Å²) in [7, 11) is -2.02. The van der Waals surface area contributed by atoms with Crippen molar-refractivity contribution in [3.05, 3.63) is 58.1 Å². The highest BCUT2D eigenvalue weighted by Crippen LogP contribution is 2.27. The van der Waals surface area contributed by atoms with E-state index in [1.54, 1.807) is 6.07 Å². The molecule has 4 nitrogen and oxygen atoms in total. The van der Waals surface area contributed by atoms with Crippen LogP contribution in [0.4, 0.5) is 0 Å². The number of benzene rings is 2. The third kappa shape index (κ3) is 4.06. The van der Waals surface area contributed by atoms with Gasteiger partial charge in [-0.2, -0.15) is 0 Å². The summed E-state index contributed by atoms with van der Waals surface area (Å²) in [6, 6.07) is 12.4. The van der Waals surface area contributed by atoms with Crippen molar-refractivity contribution in [3.8, 4) is 5.75 Å². The van der Waals surface area contributed by atoms with Crippen molar-refractivity contribution in [1.82, 2.24) is 4.72 Å². The molecule has 0 radical (unpaired) electrons. The predicted molar refractivity (Wildman–Crippen MR) is 85.9 cm³/mol. The van der Waals surface area contributed by atoms with E-state index < -0.39 is 10.0 Å². The first-order chi connectivity index (χ1) is 9.92. The number of aryl methyl sites for hydroxylation is 1. The van der Waals surface area contributed by atoms with Crippen molar-refractivity contribution in [3.63, 3.8) is 0 Å². The number of nitrogens with one attached hydrogen (secondary N) is 1. The van der Waals surface area contributed by atoms with E-state index in [0.29, 0.717) is 10.2 Å². The minimum absolute atomic E-state index is 0.197. The Morgan fingerprint density at radius 2 is 1.81 bits per heavy atom. The Morgan fingerprint density at radius 1 is 1.14 bits per heavy atom. The second kappa shape index (κ2) is 6.60. The Labute approximate surface area is 133 Å². The van der Waals surface area contributed by atoms with E-state index in [1.807, 2.05) is 31.2 Å². The van der Waals surface area contributed by atoms with Crippen LogP contribution in [0.1, 0.15) is 11.1 Å². The molecule has 0 fully saturated rings. The summed E-state index contributed by atoms with van der Waals surface area (Å²) in [4.78, 5) is 0.197. The van der Waals surface area contributed by atoms with Crippen molar-refractivity contribution in [2.75, 3.05) is 7.11 Å². The van der Waals surface area contributed by atoms with Gasteiger partial charge in [-0.25, -0.2) is 13.1 Å². The summed E-state index contributed by atoms with van der Waals surface area (Å²) in [5, 5.41) is 0. The Kier molecular flexibility index (Phi) is 5.03. The van der Waals surface area contributed by atoms with Crippen LogP contribution >= 0.6 is 15.9 Å². The van der Waals surface area contributed by atoms with Crippen LogP contribution < -0.4 is 9.46 Å². The summed E-state index contributed by atoms with van der Waals surface area (Å²) >= 11 is 3.29. The van der Waals surface area contributed by atoms with Gasteiger partial charge in [-0.15, -0.1) is 0 Å². The van der Waals surface area contributed by atoms with Crippen LogP contribution in [-0.2, 0) is 16.6 Å². The quantitative estimate of drug-likeness (QED) is 0.879. The van der Waals surface area contributed by atoms with E-state index >= 15 is 0 Å². The monoisotopic (exact) mass is 369 g/mol. The van der Waals surface area contributed by atoms with Gasteiger partial charge in [0.1, 0.15) is 5.75 Å². The molecule has 0 saturated carbocycles.